The van der Waals surface area contributed by atoms with Crippen LogP contribution < -0.4 is 5.32 Å². The van der Waals surface area contributed by atoms with Gasteiger partial charge in [-0.3, -0.25) is 0 Å². The second-order valence-corrected chi connectivity index (χ2v) is 7.53. The Hall–Kier alpha value is -2.61. The summed E-state index contributed by atoms with van der Waals surface area (Å²) < 4.78 is 0. The zero-order chi connectivity index (χ0) is 17.9. The molecule has 3 aromatic rings. The van der Waals surface area contributed by atoms with E-state index < -0.39 is 0 Å². The van der Waals surface area contributed by atoms with E-state index in [9.17, 15) is 0 Å². The summed E-state index contributed by atoms with van der Waals surface area (Å²) in [6.45, 7) is 8.81. The standard InChI is InChI=1S/C23H26N2/c1-17-9-8-16-24-22(17)25-21(18-10-6-5-7-11-18)19-12-14-20(15-13-19)23(2,3)4/h5-16,21H,1-4H3,(H,24,25). The maximum atomic E-state index is 4.51. The van der Waals surface area contributed by atoms with E-state index in [4.69, 9.17) is 0 Å². The van der Waals surface area contributed by atoms with Crippen LogP contribution in [0.25, 0.3) is 0 Å². The van der Waals surface area contributed by atoms with Crippen molar-refractivity contribution in [2.24, 2.45) is 0 Å². The lowest BCUT2D eigenvalue weighted by Crippen LogP contribution is -2.15. The van der Waals surface area contributed by atoms with Crippen LogP contribution >= 0.6 is 0 Å². The predicted octanol–water partition coefficient (Wildman–Crippen LogP) is 5.89. The molecule has 0 saturated carbocycles. The predicted molar refractivity (Wildman–Crippen MR) is 106 cm³/mol. The van der Waals surface area contributed by atoms with Gasteiger partial charge in [-0.25, -0.2) is 4.98 Å². The van der Waals surface area contributed by atoms with Crippen LogP contribution in [-0.2, 0) is 5.41 Å². The van der Waals surface area contributed by atoms with Crippen molar-refractivity contribution in [2.45, 2.75) is 39.2 Å². The van der Waals surface area contributed by atoms with Crippen molar-refractivity contribution in [2.75, 3.05) is 5.32 Å². The van der Waals surface area contributed by atoms with Crippen molar-refractivity contribution in [3.63, 3.8) is 0 Å². The van der Waals surface area contributed by atoms with Crippen LogP contribution in [0.15, 0.2) is 72.9 Å². The SMILES string of the molecule is Cc1cccnc1NC(c1ccccc1)c1ccc(C(C)(C)C)cc1. The van der Waals surface area contributed by atoms with Gasteiger partial charge in [0.25, 0.3) is 0 Å². The molecule has 25 heavy (non-hydrogen) atoms. The molecule has 2 aromatic carbocycles. The smallest absolute Gasteiger partial charge is 0.129 e. The van der Waals surface area contributed by atoms with Gasteiger partial charge in [-0.15, -0.1) is 0 Å². The number of hydrogen-bond acceptors (Lipinski definition) is 2. The average Bonchev–Trinajstić information content (AvgIpc) is 2.61. The third kappa shape index (κ3) is 4.08. The molecule has 0 spiro atoms. The highest BCUT2D eigenvalue weighted by Crippen LogP contribution is 2.29. The summed E-state index contributed by atoms with van der Waals surface area (Å²) in [6, 6.07) is 23.6. The third-order valence-electron chi connectivity index (χ3n) is 4.53. The molecule has 0 saturated heterocycles. The molecule has 3 rings (SSSR count). The van der Waals surface area contributed by atoms with E-state index >= 15 is 0 Å². The van der Waals surface area contributed by atoms with Crippen LogP contribution in [-0.4, -0.2) is 4.98 Å². The van der Waals surface area contributed by atoms with Crippen LogP contribution in [0.4, 0.5) is 5.82 Å². The van der Waals surface area contributed by atoms with Crippen molar-refractivity contribution in [3.05, 3.63) is 95.2 Å². The number of nitrogens with one attached hydrogen (secondary N) is 1. The average molecular weight is 330 g/mol. The van der Waals surface area contributed by atoms with E-state index in [0.29, 0.717) is 0 Å². The Morgan fingerprint density at radius 2 is 1.44 bits per heavy atom. The molecule has 0 aliphatic carbocycles. The number of aryl methyl sites for hydroxylation is 1. The molecule has 0 fully saturated rings. The fraction of sp³-hybridized carbons (Fsp3) is 0.261. The van der Waals surface area contributed by atoms with E-state index in [0.717, 1.165) is 11.4 Å². The molecule has 0 aliphatic heterocycles. The minimum Gasteiger partial charge on any atom is -0.359 e. The fourth-order valence-electron chi connectivity index (χ4n) is 2.95. The summed E-state index contributed by atoms with van der Waals surface area (Å²) in [5.41, 5.74) is 5.12. The van der Waals surface area contributed by atoms with Crippen molar-refractivity contribution in [3.8, 4) is 0 Å². The topological polar surface area (TPSA) is 24.9 Å². The van der Waals surface area contributed by atoms with E-state index in [-0.39, 0.29) is 11.5 Å². The Morgan fingerprint density at radius 3 is 2.04 bits per heavy atom. The van der Waals surface area contributed by atoms with Crippen molar-refractivity contribution in [1.29, 1.82) is 0 Å². The maximum absolute atomic E-state index is 4.51. The molecule has 1 heterocycles. The molecule has 1 N–H and O–H groups in total. The lowest BCUT2D eigenvalue weighted by atomic mass is 9.86. The highest BCUT2D eigenvalue weighted by Gasteiger charge is 2.18. The fourth-order valence-corrected chi connectivity index (χ4v) is 2.95. The summed E-state index contributed by atoms with van der Waals surface area (Å²) in [5, 5.41) is 3.63. The van der Waals surface area contributed by atoms with E-state index in [1.54, 1.807) is 0 Å². The molecular formula is C23H26N2. The summed E-state index contributed by atoms with van der Waals surface area (Å²) >= 11 is 0. The second kappa shape index (κ2) is 7.10. The molecule has 0 radical (unpaired) electrons. The van der Waals surface area contributed by atoms with Gasteiger partial charge >= 0.3 is 0 Å². The van der Waals surface area contributed by atoms with Gasteiger partial charge in [0.05, 0.1) is 6.04 Å². The number of anilines is 1. The molecule has 1 atom stereocenters. The zero-order valence-electron chi connectivity index (χ0n) is 15.5. The van der Waals surface area contributed by atoms with Crippen LogP contribution in [0.1, 0.15) is 49.1 Å². The van der Waals surface area contributed by atoms with E-state index in [1.165, 1.54) is 16.7 Å². The number of hydrogen-bond donors (Lipinski definition) is 1. The van der Waals surface area contributed by atoms with Gasteiger partial charge in [0.2, 0.25) is 0 Å². The van der Waals surface area contributed by atoms with Crippen LogP contribution in [0, 0.1) is 6.92 Å². The molecule has 0 bridgehead atoms. The monoisotopic (exact) mass is 330 g/mol. The van der Waals surface area contributed by atoms with Gasteiger partial charge in [-0.1, -0.05) is 81.4 Å². The summed E-state index contributed by atoms with van der Waals surface area (Å²) in [4.78, 5) is 4.51. The molecule has 1 aromatic heterocycles. The van der Waals surface area contributed by atoms with Gasteiger partial charge in [0, 0.05) is 6.20 Å². The normalized spacial score (nSPS) is 12.6. The largest absolute Gasteiger partial charge is 0.359 e. The molecule has 2 heteroatoms. The first-order valence-corrected chi connectivity index (χ1v) is 8.79. The summed E-state index contributed by atoms with van der Waals surface area (Å²) in [6.07, 6.45) is 1.83. The van der Waals surface area contributed by atoms with Gasteiger partial charge in [0.1, 0.15) is 5.82 Å². The first-order chi connectivity index (χ1) is 11.9. The van der Waals surface area contributed by atoms with Gasteiger partial charge in [-0.05, 0) is 40.7 Å². The van der Waals surface area contributed by atoms with Gasteiger partial charge < -0.3 is 5.32 Å². The first kappa shape index (κ1) is 17.2. The molecule has 128 valence electrons. The molecule has 1 unspecified atom stereocenters. The number of benzene rings is 2. The van der Waals surface area contributed by atoms with Gasteiger partial charge in [0.15, 0.2) is 0 Å². The van der Waals surface area contributed by atoms with E-state index in [2.05, 4.69) is 98.7 Å². The summed E-state index contributed by atoms with van der Waals surface area (Å²) in [5.74, 6) is 0.927. The van der Waals surface area contributed by atoms with E-state index in [1.807, 2.05) is 12.3 Å². The highest BCUT2D eigenvalue weighted by molar-refractivity contribution is 5.49. The summed E-state index contributed by atoms with van der Waals surface area (Å²) in [7, 11) is 0. The number of rotatable bonds is 4. The first-order valence-electron chi connectivity index (χ1n) is 8.79. The Labute approximate surface area is 151 Å². The Bertz CT molecular complexity index is 815. The minimum absolute atomic E-state index is 0.0730. The van der Waals surface area contributed by atoms with Crippen molar-refractivity contribution >= 4 is 5.82 Å². The Kier molecular flexibility index (Phi) is 4.89. The maximum Gasteiger partial charge on any atom is 0.129 e. The lowest BCUT2D eigenvalue weighted by molar-refractivity contribution is 0.590. The quantitative estimate of drug-likeness (QED) is 0.645. The second-order valence-electron chi connectivity index (χ2n) is 7.53. The number of aromatic nitrogens is 1. The van der Waals surface area contributed by atoms with Crippen molar-refractivity contribution in [1.82, 2.24) is 4.98 Å². The molecular weight excluding hydrogens is 304 g/mol. The molecule has 2 nitrogen and oxygen atoms in total. The Morgan fingerprint density at radius 1 is 0.800 bits per heavy atom. The van der Waals surface area contributed by atoms with Crippen LogP contribution in [0.5, 0.6) is 0 Å². The Balaban J connectivity index is 1.98. The third-order valence-corrected chi connectivity index (χ3v) is 4.53. The number of pyridine rings is 1. The molecule has 0 amide bonds. The lowest BCUT2D eigenvalue weighted by Gasteiger charge is -2.24. The van der Waals surface area contributed by atoms with Crippen LogP contribution in [0.3, 0.4) is 0 Å². The highest BCUT2D eigenvalue weighted by atomic mass is 15.0. The van der Waals surface area contributed by atoms with Crippen molar-refractivity contribution < 1.29 is 0 Å². The molecule has 0 aliphatic rings. The van der Waals surface area contributed by atoms with Gasteiger partial charge in [-0.2, -0.15) is 0 Å². The van der Waals surface area contributed by atoms with Crippen LogP contribution in [0.2, 0.25) is 0 Å². The zero-order valence-corrected chi connectivity index (χ0v) is 15.5. The number of nitrogens with zero attached hydrogens (tertiary/aromatic N) is 1. The minimum atomic E-state index is 0.0730.